The Morgan fingerprint density at radius 3 is 2.69 bits per heavy atom. The summed E-state index contributed by atoms with van der Waals surface area (Å²) in [7, 11) is -2.76. The number of nitrogens with two attached hydrogens (primary N) is 1. The van der Waals surface area contributed by atoms with E-state index in [0.29, 0.717) is 30.4 Å². The molecule has 0 radical (unpaired) electrons. The van der Waals surface area contributed by atoms with Crippen LogP contribution in [0.5, 0.6) is 0 Å². The first-order chi connectivity index (χ1) is 7.57. The maximum atomic E-state index is 11.2. The van der Waals surface area contributed by atoms with Gasteiger partial charge in [-0.25, -0.2) is 8.42 Å². The average molecular weight is 260 g/mol. The zero-order valence-electron chi connectivity index (χ0n) is 8.98. The molecule has 2 rings (SSSR count). The highest BCUT2D eigenvalue weighted by atomic mass is 32.2. The summed E-state index contributed by atoms with van der Waals surface area (Å²) < 4.78 is 22.5. The Kier molecular flexibility index (Phi) is 3.51. The molecule has 1 aliphatic heterocycles. The summed E-state index contributed by atoms with van der Waals surface area (Å²) in [5.74, 6) is 0.620. The zero-order valence-corrected chi connectivity index (χ0v) is 10.6. The van der Waals surface area contributed by atoms with Crippen molar-refractivity contribution in [3.05, 3.63) is 16.3 Å². The van der Waals surface area contributed by atoms with E-state index in [9.17, 15) is 8.42 Å². The average Bonchev–Trinajstić information content (AvgIpc) is 2.63. The molecule has 4 nitrogen and oxygen atoms in total. The second-order valence-corrected chi connectivity index (χ2v) is 7.41. The summed E-state index contributed by atoms with van der Waals surface area (Å²) in [6, 6.07) is 2.21. The van der Waals surface area contributed by atoms with Crippen molar-refractivity contribution in [2.75, 3.05) is 17.2 Å². The van der Waals surface area contributed by atoms with Crippen molar-refractivity contribution in [1.82, 2.24) is 5.32 Å². The highest BCUT2D eigenvalue weighted by molar-refractivity contribution is 7.91. The van der Waals surface area contributed by atoms with Gasteiger partial charge < -0.3 is 11.1 Å². The number of anilines is 1. The van der Waals surface area contributed by atoms with E-state index in [4.69, 9.17) is 5.73 Å². The Hall–Kier alpha value is -0.590. The lowest BCUT2D eigenvalue weighted by molar-refractivity contribution is 0.465. The molecule has 3 N–H and O–H groups in total. The Balaban J connectivity index is 1.82. The van der Waals surface area contributed by atoms with Gasteiger partial charge in [0.15, 0.2) is 0 Å². The smallest absolute Gasteiger partial charge is 0.150 e. The molecule has 1 aliphatic rings. The van der Waals surface area contributed by atoms with E-state index in [0.717, 1.165) is 17.1 Å². The number of nitrogen functional groups attached to an aromatic ring is 1. The molecule has 0 amide bonds. The highest BCUT2D eigenvalue weighted by Gasteiger charge is 2.23. The van der Waals surface area contributed by atoms with Gasteiger partial charge in [-0.1, -0.05) is 0 Å². The molecule has 1 aromatic heterocycles. The van der Waals surface area contributed by atoms with E-state index in [1.807, 2.05) is 11.4 Å². The lowest BCUT2D eigenvalue weighted by Gasteiger charge is -2.22. The van der Waals surface area contributed by atoms with E-state index in [1.165, 1.54) is 0 Å². The van der Waals surface area contributed by atoms with Gasteiger partial charge in [0, 0.05) is 23.2 Å². The molecule has 0 saturated carbocycles. The van der Waals surface area contributed by atoms with E-state index in [2.05, 4.69) is 5.32 Å². The predicted octanol–water partition coefficient (Wildman–Crippen LogP) is 0.997. The highest BCUT2D eigenvalue weighted by Crippen LogP contribution is 2.19. The fourth-order valence-corrected chi connectivity index (χ4v) is 4.07. The Morgan fingerprint density at radius 2 is 2.12 bits per heavy atom. The molecule has 16 heavy (non-hydrogen) atoms. The molecule has 0 aliphatic carbocycles. The summed E-state index contributed by atoms with van der Waals surface area (Å²) >= 11 is 1.63. The lowest BCUT2D eigenvalue weighted by atomic mass is 10.1. The maximum absolute atomic E-state index is 11.2. The Labute approximate surface area is 99.8 Å². The summed E-state index contributed by atoms with van der Waals surface area (Å²) in [5, 5.41) is 5.34. The van der Waals surface area contributed by atoms with Crippen molar-refractivity contribution >= 4 is 26.9 Å². The van der Waals surface area contributed by atoms with Crippen LogP contribution in [0.15, 0.2) is 11.4 Å². The number of thiophene rings is 1. The van der Waals surface area contributed by atoms with E-state index < -0.39 is 9.84 Å². The molecule has 6 heteroatoms. The SMILES string of the molecule is Nc1ccsc1CNC1CCS(=O)(=O)CC1. The first kappa shape index (κ1) is 11.9. The number of nitrogens with one attached hydrogen (secondary N) is 1. The third kappa shape index (κ3) is 2.96. The van der Waals surface area contributed by atoms with Gasteiger partial charge in [0.05, 0.1) is 11.5 Å². The first-order valence-electron chi connectivity index (χ1n) is 5.32. The number of hydrogen-bond acceptors (Lipinski definition) is 5. The Morgan fingerprint density at radius 1 is 1.44 bits per heavy atom. The second kappa shape index (κ2) is 4.73. The minimum atomic E-state index is -2.76. The van der Waals surface area contributed by atoms with Gasteiger partial charge in [-0.15, -0.1) is 11.3 Å². The van der Waals surface area contributed by atoms with Crippen LogP contribution in [0.2, 0.25) is 0 Å². The van der Waals surface area contributed by atoms with Crippen molar-refractivity contribution in [2.45, 2.75) is 25.4 Å². The molecular weight excluding hydrogens is 244 g/mol. The Bertz CT molecular complexity index is 439. The molecule has 0 spiro atoms. The zero-order chi connectivity index (χ0) is 11.6. The third-order valence-electron chi connectivity index (χ3n) is 2.89. The van der Waals surface area contributed by atoms with Crippen molar-refractivity contribution < 1.29 is 8.42 Å². The summed E-state index contributed by atoms with van der Waals surface area (Å²) in [4.78, 5) is 1.13. The molecule has 1 saturated heterocycles. The minimum Gasteiger partial charge on any atom is -0.398 e. The first-order valence-corrected chi connectivity index (χ1v) is 8.02. The third-order valence-corrected chi connectivity index (χ3v) is 5.54. The van der Waals surface area contributed by atoms with Crippen LogP contribution in [-0.4, -0.2) is 26.0 Å². The summed E-state index contributed by atoms with van der Waals surface area (Å²) in [6.07, 6.45) is 1.43. The maximum Gasteiger partial charge on any atom is 0.150 e. The van der Waals surface area contributed by atoms with Crippen LogP contribution in [0, 0.1) is 0 Å². The van der Waals surface area contributed by atoms with Crippen LogP contribution in [-0.2, 0) is 16.4 Å². The predicted molar refractivity (Wildman–Crippen MR) is 67.2 cm³/mol. The van der Waals surface area contributed by atoms with Gasteiger partial charge in [-0.05, 0) is 24.3 Å². The molecule has 1 fully saturated rings. The van der Waals surface area contributed by atoms with Gasteiger partial charge in [0.2, 0.25) is 0 Å². The van der Waals surface area contributed by atoms with Crippen LogP contribution in [0.3, 0.4) is 0 Å². The normalized spacial score (nSPS) is 21.0. The molecule has 90 valence electrons. The molecule has 0 atom stereocenters. The van der Waals surface area contributed by atoms with Crippen molar-refractivity contribution in [3.8, 4) is 0 Å². The lowest BCUT2D eigenvalue weighted by Crippen LogP contribution is -2.37. The second-order valence-electron chi connectivity index (χ2n) is 4.11. The summed E-state index contributed by atoms with van der Waals surface area (Å²) in [5.41, 5.74) is 6.59. The van der Waals surface area contributed by atoms with Crippen LogP contribution >= 0.6 is 11.3 Å². The molecule has 0 bridgehead atoms. The van der Waals surface area contributed by atoms with Gasteiger partial charge in [-0.3, -0.25) is 0 Å². The van der Waals surface area contributed by atoms with Crippen molar-refractivity contribution in [3.63, 3.8) is 0 Å². The number of sulfone groups is 1. The van der Waals surface area contributed by atoms with Crippen molar-refractivity contribution in [1.29, 1.82) is 0 Å². The van der Waals surface area contributed by atoms with E-state index in [1.54, 1.807) is 11.3 Å². The fourth-order valence-electron chi connectivity index (χ4n) is 1.83. The van der Waals surface area contributed by atoms with E-state index >= 15 is 0 Å². The molecular formula is C10H16N2O2S2. The van der Waals surface area contributed by atoms with Crippen LogP contribution in [0.25, 0.3) is 0 Å². The van der Waals surface area contributed by atoms with Crippen LogP contribution in [0.4, 0.5) is 5.69 Å². The largest absolute Gasteiger partial charge is 0.398 e. The van der Waals surface area contributed by atoms with Crippen LogP contribution < -0.4 is 11.1 Å². The minimum absolute atomic E-state index is 0.310. The molecule has 2 heterocycles. The van der Waals surface area contributed by atoms with Crippen molar-refractivity contribution in [2.24, 2.45) is 0 Å². The van der Waals surface area contributed by atoms with Gasteiger partial charge >= 0.3 is 0 Å². The number of rotatable bonds is 3. The standard InChI is InChI=1S/C10H16N2O2S2/c11-9-1-4-15-10(9)7-12-8-2-5-16(13,14)6-3-8/h1,4,8,12H,2-3,5-7,11H2. The van der Waals surface area contributed by atoms with Crippen LogP contribution in [0.1, 0.15) is 17.7 Å². The van der Waals surface area contributed by atoms with Gasteiger partial charge in [0.25, 0.3) is 0 Å². The quantitative estimate of drug-likeness (QED) is 0.850. The fraction of sp³-hybridized carbons (Fsp3) is 0.600. The molecule has 0 aromatic carbocycles. The topological polar surface area (TPSA) is 72.2 Å². The number of hydrogen-bond donors (Lipinski definition) is 2. The van der Waals surface area contributed by atoms with E-state index in [-0.39, 0.29) is 0 Å². The monoisotopic (exact) mass is 260 g/mol. The summed E-state index contributed by atoms with van der Waals surface area (Å²) in [6.45, 7) is 0.744. The molecule has 1 aromatic rings. The molecule has 0 unspecified atom stereocenters. The van der Waals surface area contributed by atoms with Gasteiger partial charge in [0.1, 0.15) is 9.84 Å². The van der Waals surface area contributed by atoms with Gasteiger partial charge in [-0.2, -0.15) is 0 Å².